The number of aryl methyl sites for hydroxylation is 2. The van der Waals surface area contributed by atoms with Gasteiger partial charge in [-0.1, -0.05) is 18.2 Å². The third-order valence-corrected chi connectivity index (χ3v) is 6.40. The highest BCUT2D eigenvalue weighted by molar-refractivity contribution is 5.48. The summed E-state index contributed by atoms with van der Waals surface area (Å²) < 4.78 is 7.36. The normalized spacial score (nSPS) is 17.6. The van der Waals surface area contributed by atoms with Crippen LogP contribution in [0.15, 0.2) is 54.9 Å². The molecule has 170 valence electrons. The average molecular weight is 435 g/mol. The van der Waals surface area contributed by atoms with Crippen LogP contribution in [0.1, 0.15) is 28.7 Å². The minimum atomic E-state index is 0.204. The summed E-state index contributed by atoms with van der Waals surface area (Å²) in [6, 6.07) is 15.0. The lowest BCUT2D eigenvalue weighted by Crippen LogP contribution is -2.52. The van der Waals surface area contributed by atoms with E-state index in [0.717, 1.165) is 50.6 Å². The van der Waals surface area contributed by atoms with Crippen LogP contribution in [0.3, 0.4) is 0 Å². The van der Waals surface area contributed by atoms with Gasteiger partial charge in [-0.15, -0.1) is 0 Å². The smallest absolute Gasteiger partial charge is 0.119 e. The summed E-state index contributed by atoms with van der Waals surface area (Å²) in [4.78, 5) is 5.02. The van der Waals surface area contributed by atoms with Gasteiger partial charge in [0.25, 0.3) is 0 Å². The van der Waals surface area contributed by atoms with E-state index >= 15 is 0 Å². The van der Waals surface area contributed by atoms with Crippen molar-refractivity contribution in [2.45, 2.75) is 39.4 Å². The zero-order valence-corrected chi connectivity index (χ0v) is 19.4. The van der Waals surface area contributed by atoms with Crippen molar-refractivity contribution in [3.63, 3.8) is 0 Å². The lowest BCUT2D eigenvalue weighted by Gasteiger charge is -2.42. The summed E-state index contributed by atoms with van der Waals surface area (Å²) in [5.41, 5.74) is 6.27. The molecule has 2 aromatic carbocycles. The predicted molar refractivity (Wildman–Crippen MR) is 127 cm³/mol. The van der Waals surface area contributed by atoms with Gasteiger partial charge < -0.3 is 9.84 Å². The molecule has 0 unspecified atom stereocenters. The maximum atomic E-state index is 9.73. The van der Waals surface area contributed by atoms with Crippen molar-refractivity contribution in [3.05, 3.63) is 77.1 Å². The number of aromatic nitrogens is 2. The summed E-state index contributed by atoms with van der Waals surface area (Å²) in [6.45, 7) is 9.21. The van der Waals surface area contributed by atoms with E-state index in [-0.39, 0.29) is 6.61 Å². The molecule has 1 aromatic heterocycles. The Hall–Kier alpha value is -2.67. The van der Waals surface area contributed by atoms with E-state index in [0.29, 0.717) is 6.04 Å². The van der Waals surface area contributed by atoms with Gasteiger partial charge in [-0.25, -0.2) is 4.68 Å². The first kappa shape index (κ1) is 22.5. The molecule has 6 nitrogen and oxygen atoms in total. The van der Waals surface area contributed by atoms with E-state index in [9.17, 15) is 5.11 Å². The van der Waals surface area contributed by atoms with Crippen LogP contribution < -0.4 is 4.74 Å². The Morgan fingerprint density at radius 1 is 1.09 bits per heavy atom. The Balaban J connectivity index is 1.50. The Bertz CT molecular complexity index is 1020. The highest BCUT2D eigenvalue weighted by Crippen LogP contribution is 2.25. The van der Waals surface area contributed by atoms with Crippen LogP contribution in [0.5, 0.6) is 5.75 Å². The molecule has 1 fully saturated rings. The van der Waals surface area contributed by atoms with Gasteiger partial charge in [-0.2, -0.15) is 5.10 Å². The summed E-state index contributed by atoms with van der Waals surface area (Å²) in [5, 5.41) is 14.2. The molecule has 1 N–H and O–H groups in total. The molecule has 3 aromatic rings. The molecule has 1 aliphatic rings. The largest absolute Gasteiger partial charge is 0.497 e. The molecular weight excluding hydrogens is 400 g/mol. The fourth-order valence-corrected chi connectivity index (χ4v) is 4.76. The van der Waals surface area contributed by atoms with E-state index in [1.807, 2.05) is 35.3 Å². The minimum absolute atomic E-state index is 0.204. The SMILES string of the molecule is COc1cccc(CN2CCN(Cc3c(C)cc(C)cc3-n3cccn3)C[C@@H]2CCO)c1. The monoisotopic (exact) mass is 434 g/mol. The van der Waals surface area contributed by atoms with Gasteiger partial charge in [-0.3, -0.25) is 9.80 Å². The molecule has 0 amide bonds. The van der Waals surface area contributed by atoms with Gasteiger partial charge in [0.15, 0.2) is 0 Å². The van der Waals surface area contributed by atoms with E-state index in [2.05, 4.69) is 53.0 Å². The van der Waals surface area contributed by atoms with Crippen LogP contribution in [0.2, 0.25) is 0 Å². The van der Waals surface area contributed by atoms with Gasteiger partial charge in [0.05, 0.1) is 12.8 Å². The molecule has 0 aliphatic carbocycles. The molecule has 2 heterocycles. The first-order chi connectivity index (χ1) is 15.6. The molecular formula is C26H34N4O2. The molecule has 0 radical (unpaired) electrons. The average Bonchev–Trinajstić information content (AvgIpc) is 3.32. The molecule has 6 heteroatoms. The molecule has 1 saturated heterocycles. The highest BCUT2D eigenvalue weighted by atomic mass is 16.5. The molecule has 0 spiro atoms. The number of aliphatic hydroxyl groups is 1. The number of nitrogens with zero attached hydrogens (tertiary/aromatic N) is 4. The zero-order chi connectivity index (χ0) is 22.5. The van der Waals surface area contributed by atoms with Crippen molar-refractivity contribution in [3.8, 4) is 11.4 Å². The van der Waals surface area contributed by atoms with Crippen molar-refractivity contribution in [1.29, 1.82) is 0 Å². The molecule has 0 saturated carbocycles. The van der Waals surface area contributed by atoms with E-state index < -0.39 is 0 Å². The van der Waals surface area contributed by atoms with Crippen molar-refractivity contribution in [2.24, 2.45) is 0 Å². The number of hydrogen-bond acceptors (Lipinski definition) is 5. The number of piperazine rings is 1. The number of methoxy groups -OCH3 is 1. The quantitative estimate of drug-likeness (QED) is 0.588. The van der Waals surface area contributed by atoms with Crippen molar-refractivity contribution < 1.29 is 9.84 Å². The number of hydrogen-bond donors (Lipinski definition) is 1. The lowest BCUT2D eigenvalue weighted by atomic mass is 10.0. The summed E-state index contributed by atoms with van der Waals surface area (Å²) in [6.07, 6.45) is 4.62. The molecule has 1 aliphatic heterocycles. The first-order valence-electron chi connectivity index (χ1n) is 11.4. The Morgan fingerprint density at radius 3 is 2.72 bits per heavy atom. The topological polar surface area (TPSA) is 53.8 Å². The maximum absolute atomic E-state index is 9.73. The van der Waals surface area contributed by atoms with E-state index in [1.54, 1.807) is 7.11 Å². The third kappa shape index (κ3) is 5.21. The van der Waals surface area contributed by atoms with Crippen LogP contribution in [0.25, 0.3) is 5.69 Å². The third-order valence-electron chi connectivity index (χ3n) is 6.40. The molecule has 1 atom stereocenters. The Morgan fingerprint density at radius 2 is 1.97 bits per heavy atom. The first-order valence-corrected chi connectivity index (χ1v) is 11.4. The maximum Gasteiger partial charge on any atom is 0.119 e. The molecule has 32 heavy (non-hydrogen) atoms. The second-order valence-corrected chi connectivity index (χ2v) is 8.75. The lowest BCUT2D eigenvalue weighted by molar-refractivity contribution is 0.0498. The van der Waals surface area contributed by atoms with Gasteiger partial charge in [-0.05, 0) is 66.8 Å². The Kier molecular flexibility index (Phi) is 7.25. The van der Waals surface area contributed by atoms with Gasteiger partial charge >= 0.3 is 0 Å². The highest BCUT2D eigenvalue weighted by Gasteiger charge is 2.27. The zero-order valence-electron chi connectivity index (χ0n) is 19.4. The predicted octanol–water partition coefficient (Wildman–Crippen LogP) is 3.57. The molecule has 0 bridgehead atoms. The van der Waals surface area contributed by atoms with E-state index in [1.165, 1.54) is 22.3 Å². The number of ether oxygens (including phenoxy) is 1. The fraction of sp³-hybridized carbons (Fsp3) is 0.423. The van der Waals surface area contributed by atoms with E-state index in [4.69, 9.17) is 4.74 Å². The second kappa shape index (κ2) is 10.3. The summed E-state index contributed by atoms with van der Waals surface area (Å²) in [7, 11) is 1.71. The van der Waals surface area contributed by atoms with Crippen LogP contribution in [-0.4, -0.2) is 64.1 Å². The molecule has 4 rings (SSSR count). The number of benzene rings is 2. The Labute approximate surface area is 191 Å². The van der Waals surface area contributed by atoms with Crippen molar-refractivity contribution in [1.82, 2.24) is 19.6 Å². The number of rotatable bonds is 8. The van der Waals surface area contributed by atoms with Crippen LogP contribution in [-0.2, 0) is 13.1 Å². The summed E-state index contributed by atoms with van der Waals surface area (Å²) >= 11 is 0. The van der Waals surface area contributed by atoms with Crippen LogP contribution in [0.4, 0.5) is 0 Å². The van der Waals surface area contributed by atoms with Crippen LogP contribution in [0, 0.1) is 13.8 Å². The second-order valence-electron chi connectivity index (χ2n) is 8.75. The summed E-state index contributed by atoms with van der Waals surface area (Å²) in [5.74, 6) is 0.890. The van der Waals surface area contributed by atoms with Crippen molar-refractivity contribution >= 4 is 0 Å². The standard InChI is InChI=1S/C26H34N4O2/c1-20-14-21(2)25(26(15-20)30-10-5-9-27-30)19-28-11-12-29(23(18-28)8-13-31)17-22-6-4-7-24(16-22)32-3/h4-7,9-10,14-16,23,31H,8,11-13,17-19H2,1-3H3/t23-/m0/s1. The van der Waals surface area contributed by atoms with Gasteiger partial charge in [0.2, 0.25) is 0 Å². The van der Waals surface area contributed by atoms with Crippen molar-refractivity contribution in [2.75, 3.05) is 33.4 Å². The number of aliphatic hydroxyl groups excluding tert-OH is 1. The minimum Gasteiger partial charge on any atom is -0.497 e. The van der Waals surface area contributed by atoms with Gasteiger partial charge in [0, 0.05) is 57.8 Å². The van der Waals surface area contributed by atoms with Gasteiger partial charge in [0.1, 0.15) is 5.75 Å². The fourth-order valence-electron chi connectivity index (χ4n) is 4.76. The van der Waals surface area contributed by atoms with Crippen LogP contribution >= 0.6 is 0 Å².